The molecule has 2 aromatic rings. The molecule has 1 aromatic heterocycles. The van der Waals surface area contributed by atoms with Gasteiger partial charge in [-0.1, -0.05) is 36.8 Å². The minimum atomic E-state index is 0.367. The average Bonchev–Trinajstić information content (AvgIpc) is 2.65. The molecular formula is C13H16N2. The van der Waals surface area contributed by atoms with Gasteiger partial charge in [0.05, 0.1) is 5.69 Å². The maximum absolute atomic E-state index is 4.43. The average molecular weight is 200 g/mol. The van der Waals surface area contributed by atoms with E-state index in [1.165, 1.54) is 11.1 Å². The SMILES string of the molecule is Cc1ccc([C@@H](C)c2ccn(C)n2)cc1. The maximum Gasteiger partial charge on any atom is 0.0696 e. The van der Waals surface area contributed by atoms with Gasteiger partial charge in [0.1, 0.15) is 0 Å². The van der Waals surface area contributed by atoms with Gasteiger partial charge in [-0.05, 0) is 18.6 Å². The molecular weight excluding hydrogens is 184 g/mol. The molecule has 0 aliphatic rings. The third kappa shape index (κ3) is 2.09. The van der Waals surface area contributed by atoms with Gasteiger partial charge in [0.2, 0.25) is 0 Å². The molecule has 0 unspecified atom stereocenters. The van der Waals surface area contributed by atoms with Crippen LogP contribution in [0, 0.1) is 6.92 Å². The van der Waals surface area contributed by atoms with E-state index in [0.717, 1.165) is 5.69 Å². The van der Waals surface area contributed by atoms with Crippen molar-refractivity contribution in [3.8, 4) is 0 Å². The highest BCUT2D eigenvalue weighted by Crippen LogP contribution is 2.22. The highest BCUT2D eigenvalue weighted by atomic mass is 15.2. The van der Waals surface area contributed by atoms with Gasteiger partial charge in [0.25, 0.3) is 0 Å². The number of hydrogen-bond acceptors (Lipinski definition) is 1. The lowest BCUT2D eigenvalue weighted by Gasteiger charge is -2.08. The molecule has 0 N–H and O–H groups in total. The van der Waals surface area contributed by atoms with E-state index in [1.54, 1.807) is 0 Å². The number of aromatic nitrogens is 2. The Morgan fingerprint density at radius 2 is 1.80 bits per heavy atom. The van der Waals surface area contributed by atoms with Crippen molar-refractivity contribution in [2.45, 2.75) is 19.8 Å². The number of hydrogen-bond donors (Lipinski definition) is 0. The molecule has 1 heterocycles. The molecule has 2 nitrogen and oxygen atoms in total. The van der Waals surface area contributed by atoms with E-state index in [4.69, 9.17) is 0 Å². The molecule has 0 spiro atoms. The van der Waals surface area contributed by atoms with Crippen LogP contribution in [-0.4, -0.2) is 9.78 Å². The molecule has 1 aromatic carbocycles. The lowest BCUT2D eigenvalue weighted by molar-refractivity contribution is 0.725. The minimum Gasteiger partial charge on any atom is -0.276 e. The third-order valence-corrected chi connectivity index (χ3v) is 2.76. The van der Waals surface area contributed by atoms with Crippen LogP contribution in [0.4, 0.5) is 0 Å². The largest absolute Gasteiger partial charge is 0.276 e. The van der Waals surface area contributed by atoms with Gasteiger partial charge in [0, 0.05) is 19.2 Å². The number of benzene rings is 1. The van der Waals surface area contributed by atoms with Crippen LogP contribution >= 0.6 is 0 Å². The van der Waals surface area contributed by atoms with Gasteiger partial charge in [-0.15, -0.1) is 0 Å². The summed E-state index contributed by atoms with van der Waals surface area (Å²) in [4.78, 5) is 0. The van der Waals surface area contributed by atoms with E-state index in [0.29, 0.717) is 5.92 Å². The molecule has 0 bridgehead atoms. The van der Waals surface area contributed by atoms with Gasteiger partial charge < -0.3 is 0 Å². The second kappa shape index (κ2) is 3.89. The van der Waals surface area contributed by atoms with E-state index < -0.39 is 0 Å². The first-order valence-corrected chi connectivity index (χ1v) is 5.23. The Morgan fingerprint density at radius 1 is 1.13 bits per heavy atom. The highest BCUT2D eigenvalue weighted by Gasteiger charge is 2.10. The van der Waals surface area contributed by atoms with Crippen molar-refractivity contribution in [3.63, 3.8) is 0 Å². The summed E-state index contributed by atoms with van der Waals surface area (Å²) in [6, 6.07) is 10.7. The van der Waals surface area contributed by atoms with Crippen molar-refractivity contribution in [1.29, 1.82) is 0 Å². The zero-order valence-corrected chi connectivity index (χ0v) is 9.44. The second-order valence-electron chi connectivity index (χ2n) is 4.05. The predicted octanol–water partition coefficient (Wildman–Crippen LogP) is 2.88. The molecule has 0 amide bonds. The van der Waals surface area contributed by atoms with Crippen molar-refractivity contribution in [2.75, 3.05) is 0 Å². The smallest absolute Gasteiger partial charge is 0.0696 e. The Hall–Kier alpha value is -1.57. The van der Waals surface area contributed by atoms with Crippen molar-refractivity contribution >= 4 is 0 Å². The van der Waals surface area contributed by atoms with E-state index in [1.807, 2.05) is 17.9 Å². The molecule has 1 atom stereocenters. The Labute approximate surface area is 90.6 Å². The monoisotopic (exact) mass is 200 g/mol. The van der Waals surface area contributed by atoms with Crippen LogP contribution in [0.25, 0.3) is 0 Å². The maximum atomic E-state index is 4.43. The standard InChI is InChI=1S/C13H16N2/c1-10-4-6-12(7-5-10)11(2)13-8-9-15(3)14-13/h4-9,11H,1-3H3/t11-/m1/s1. The topological polar surface area (TPSA) is 17.8 Å². The van der Waals surface area contributed by atoms with E-state index in [-0.39, 0.29) is 0 Å². The first-order chi connectivity index (χ1) is 7.16. The lowest BCUT2D eigenvalue weighted by atomic mass is 9.97. The summed E-state index contributed by atoms with van der Waals surface area (Å²) in [7, 11) is 1.95. The summed E-state index contributed by atoms with van der Waals surface area (Å²) >= 11 is 0. The number of nitrogens with zero attached hydrogens (tertiary/aromatic N) is 2. The van der Waals surface area contributed by atoms with Crippen LogP contribution in [0.1, 0.15) is 29.7 Å². The van der Waals surface area contributed by atoms with Crippen LogP contribution in [0.3, 0.4) is 0 Å². The minimum absolute atomic E-state index is 0.367. The highest BCUT2D eigenvalue weighted by molar-refractivity contribution is 5.29. The van der Waals surface area contributed by atoms with Gasteiger partial charge in [-0.2, -0.15) is 5.10 Å². The molecule has 0 aliphatic heterocycles. The van der Waals surface area contributed by atoms with Crippen molar-refractivity contribution in [3.05, 3.63) is 53.3 Å². The third-order valence-electron chi connectivity index (χ3n) is 2.76. The summed E-state index contributed by atoms with van der Waals surface area (Å²) in [6.45, 7) is 4.29. The number of aryl methyl sites for hydroxylation is 2. The van der Waals surface area contributed by atoms with Gasteiger partial charge in [-0.25, -0.2) is 0 Å². The Balaban J connectivity index is 2.28. The molecule has 2 heteroatoms. The zero-order chi connectivity index (χ0) is 10.8. The summed E-state index contributed by atoms with van der Waals surface area (Å²) in [5, 5.41) is 4.43. The van der Waals surface area contributed by atoms with E-state index >= 15 is 0 Å². The fraction of sp³-hybridized carbons (Fsp3) is 0.308. The van der Waals surface area contributed by atoms with Gasteiger partial charge in [0.15, 0.2) is 0 Å². The Kier molecular flexibility index (Phi) is 2.58. The lowest BCUT2D eigenvalue weighted by Crippen LogP contribution is -1.98. The van der Waals surface area contributed by atoms with Crippen LogP contribution in [0.15, 0.2) is 36.5 Å². The summed E-state index contributed by atoms with van der Waals surface area (Å²) in [6.07, 6.45) is 1.99. The molecule has 0 radical (unpaired) electrons. The summed E-state index contributed by atoms with van der Waals surface area (Å²) in [5.41, 5.74) is 3.74. The van der Waals surface area contributed by atoms with Crippen LogP contribution < -0.4 is 0 Å². The first-order valence-electron chi connectivity index (χ1n) is 5.23. The normalized spacial score (nSPS) is 12.7. The fourth-order valence-corrected chi connectivity index (χ4v) is 1.69. The molecule has 2 rings (SSSR count). The summed E-state index contributed by atoms with van der Waals surface area (Å²) < 4.78 is 1.85. The predicted molar refractivity (Wildman–Crippen MR) is 61.9 cm³/mol. The van der Waals surface area contributed by atoms with Gasteiger partial charge >= 0.3 is 0 Å². The summed E-state index contributed by atoms with van der Waals surface area (Å²) in [5.74, 6) is 0.367. The quantitative estimate of drug-likeness (QED) is 0.729. The fourth-order valence-electron chi connectivity index (χ4n) is 1.69. The van der Waals surface area contributed by atoms with Crippen molar-refractivity contribution in [1.82, 2.24) is 9.78 Å². The van der Waals surface area contributed by atoms with E-state index in [2.05, 4.69) is 49.3 Å². The first kappa shape index (κ1) is 9.97. The number of rotatable bonds is 2. The molecule has 0 saturated carbocycles. The van der Waals surface area contributed by atoms with E-state index in [9.17, 15) is 0 Å². The van der Waals surface area contributed by atoms with Crippen molar-refractivity contribution < 1.29 is 0 Å². The van der Waals surface area contributed by atoms with Crippen LogP contribution in [0.5, 0.6) is 0 Å². The molecule has 0 saturated heterocycles. The molecule has 0 fully saturated rings. The Morgan fingerprint density at radius 3 is 2.33 bits per heavy atom. The molecule has 0 aliphatic carbocycles. The second-order valence-corrected chi connectivity index (χ2v) is 4.05. The Bertz CT molecular complexity index is 440. The zero-order valence-electron chi connectivity index (χ0n) is 9.44. The molecule has 15 heavy (non-hydrogen) atoms. The van der Waals surface area contributed by atoms with Crippen LogP contribution in [0.2, 0.25) is 0 Å². The van der Waals surface area contributed by atoms with Crippen molar-refractivity contribution in [2.24, 2.45) is 7.05 Å². The van der Waals surface area contributed by atoms with Gasteiger partial charge in [-0.3, -0.25) is 4.68 Å². The molecule has 78 valence electrons. The van der Waals surface area contributed by atoms with Crippen LogP contribution in [-0.2, 0) is 7.05 Å².